The normalized spacial score (nSPS) is 21.5. The first kappa shape index (κ1) is 25.1. The van der Waals surface area contributed by atoms with E-state index in [4.69, 9.17) is 27.9 Å². The number of hydrogen-bond acceptors (Lipinski definition) is 5. The molecule has 0 aliphatic carbocycles. The number of rotatable bonds is 5. The number of amidine groups is 1. The number of carbonyl (C=O) groups is 1. The van der Waals surface area contributed by atoms with E-state index in [2.05, 4.69) is 4.99 Å². The smallest absolute Gasteiger partial charge is 0.252 e. The van der Waals surface area contributed by atoms with Crippen molar-refractivity contribution in [2.45, 2.75) is 24.6 Å². The van der Waals surface area contributed by atoms with Crippen molar-refractivity contribution in [1.29, 1.82) is 0 Å². The molecule has 1 amide bonds. The fraction of sp³-hybridized carbons (Fsp3) is 0.231. The summed E-state index contributed by atoms with van der Waals surface area (Å²) in [4.78, 5) is 19.1. The standard InChI is InChI=1S/C26H22Cl2N2O4S2/c1-16-3-2-4-20(11-16)34-23-10-9-19(28)13-21(23)30-22-14-36(32,33)15-24(22)35-26(30)29-25(31)12-17-5-7-18(27)8-6-17/h2-11,13,22,24H,12,14-15H2,1H3/t22-,24+/m0/s1. The van der Waals surface area contributed by atoms with Crippen LogP contribution in [0.5, 0.6) is 11.5 Å². The Labute approximate surface area is 224 Å². The third-order valence-corrected chi connectivity index (χ3v) is 9.65. The van der Waals surface area contributed by atoms with Crippen molar-refractivity contribution in [3.05, 3.63) is 87.9 Å². The zero-order chi connectivity index (χ0) is 25.4. The lowest BCUT2D eigenvalue weighted by atomic mass is 10.1. The van der Waals surface area contributed by atoms with Crippen LogP contribution >= 0.6 is 35.0 Å². The minimum atomic E-state index is -3.23. The zero-order valence-corrected chi connectivity index (χ0v) is 22.4. The van der Waals surface area contributed by atoms with Gasteiger partial charge in [-0.05, 0) is 60.5 Å². The molecule has 2 aliphatic rings. The number of aliphatic imine (C=N–C) groups is 1. The quantitative estimate of drug-likeness (QED) is 0.384. The molecule has 186 valence electrons. The van der Waals surface area contributed by atoms with Crippen LogP contribution in [0.4, 0.5) is 5.69 Å². The van der Waals surface area contributed by atoms with E-state index in [9.17, 15) is 13.2 Å². The maximum Gasteiger partial charge on any atom is 0.252 e. The Morgan fingerprint density at radius 1 is 1.06 bits per heavy atom. The number of hydrogen-bond donors (Lipinski definition) is 0. The highest BCUT2D eigenvalue weighted by Gasteiger charge is 2.50. The number of halogens is 2. The van der Waals surface area contributed by atoms with Gasteiger partial charge in [-0.3, -0.25) is 4.79 Å². The van der Waals surface area contributed by atoms with Crippen LogP contribution in [-0.2, 0) is 21.1 Å². The van der Waals surface area contributed by atoms with Crippen molar-refractivity contribution >= 4 is 61.6 Å². The Kier molecular flexibility index (Phi) is 7.05. The molecule has 6 nitrogen and oxygen atoms in total. The summed E-state index contributed by atoms with van der Waals surface area (Å²) >= 11 is 13.6. The summed E-state index contributed by atoms with van der Waals surface area (Å²) in [5.41, 5.74) is 2.40. The molecule has 0 N–H and O–H groups in total. The molecule has 2 saturated heterocycles. The largest absolute Gasteiger partial charge is 0.455 e. The molecule has 2 aliphatic heterocycles. The molecule has 0 saturated carbocycles. The van der Waals surface area contributed by atoms with E-state index in [1.165, 1.54) is 11.8 Å². The Morgan fingerprint density at radius 2 is 1.81 bits per heavy atom. The first-order valence-corrected chi connectivity index (χ1v) is 14.7. The second-order valence-corrected chi connectivity index (χ2v) is 13.0. The molecule has 36 heavy (non-hydrogen) atoms. The SMILES string of the molecule is Cc1cccc(Oc2ccc(Cl)cc2N2C(=NC(=O)Cc3ccc(Cl)cc3)S[C@@H]3CS(=O)(=O)C[C@@H]32)c1. The number of anilines is 1. The lowest BCUT2D eigenvalue weighted by molar-refractivity contribution is -0.117. The summed E-state index contributed by atoms with van der Waals surface area (Å²) in [6.07, 6.45) is 0.102. The van der Waals surface area contributed by atoms with Crippen LogP contribution in [0.25, 0.3) is 0 Å². The Morgan fingerprint density at radius 3 is 2.56 bits per heavy atom. The highest BCUT2D eigenvalue weighted by molar-refractivity contribution is 8.16. The first-order chi connectivity index (χ1) is 17.2. The second kappa shape index (κ2) is 10.1. The maximum atomic E-state index is 12.9. The highest BCUT2D eigenvalue weighted by Crippen LogP contribution is 2.45. The van der Waals surface area contributed by atoms with E-state index in [-0.39, 0.29) is 35.1 Å². The molecule has 0 bridgehead atoms. The van der Waals surface area contributed by atoms with E-state index in [1.54, 1.807) is 47.4 Å². The number of nitrogens with zero attached hydrogens (tertiary/aromatic N) is 2. The maximum absolute atomic E-state index is 12.9. The van der Waals surface area contributed by atoms with Crippen molar-refractivity contribution in [1.82, 2.24) is 0 Å². The topological polar surface area (TPSA) is 76.0 Å². The van der Waals surface area contributed by atoms with Crippen molar-refractivity contribution < 1.29 is 17.9 Å². The predicted molar refractivity (Wildman–Crippen MR) is 147 cm³/mol. The summed E-state index contributed by atoms with van der Waals surface area (Å²) in [7, 11) is -3.23. The number of carbonyl (C=O) groups excluding carboxylic acids is 1. The number of fused-ring (bicyclic) bond motifs is 1. The van der Waals surface area contributed by atoms with Gasteiger partial charge in [-0.25, -0.2) is 8.42 Å². The molecule has 5 rings (SSSR count). The minimum absolute atomic E-state index is 0.0257. The van der Waals surface area contributed by atoms with Gasteiger partial charge >= 0.3 is 0 Å². The molecular weight excluding hydrogens is 539 g/mol. The first-order valence-electron chi connectivity index (χ1n) is 11.2. The predicted octanol–water partition coefficient (Wildman–Crippen LogP) is 5.94. The number of ether oxygens (including phenoxy) is 1. The van der Waals surface area contributed by atoms with Crippen molar-refractivity contribution in [3.63, 3.8) is 0 Å². The van der Waals surface area contributed by atoms with E-state index >= 15 is 0 Å². The molecule has 2 fully saturated rings. The van der Waals surface area contributed by atoms with E-state index in [1.807, 2.05) is 31.2 Å². The second-order valence-electron chi connectivity index (χ2n) is 8.79. The fourth-order valence-corrected chi connectivity index (χ4v) is 8.56. The molecule has 2 heterocycles. The lowest BCUT2D eigenvalue weighted by Crippen LogP contribution is -2.38. The van der Waals surface area contributed by atoms with Gasteiger partial charge in [0.25, 0.3) is 5.91 Å². The number of amides is 1. The lowest BCUT2D eigenvalue weighted by Gasteiger charge is -2.27. The summed E-state index contributed by atoms with van der Waals surface area (Å²) in [5, 5.41) is 1.24. The van der Waals surface area contributed by atoms with Crippen molar-refractivity contribution in [2.75, 3.05) is 16.4 Å². The third-order valence-electron chi connectivity index (χ3n) is 5.95. The molecule has 3 aromatic carbocycles. The number of thioether (sulfide) groups is 1. The number of benzene rings is 3. The van der Waals surface area contributed by atoms with Gasteiger partial charge in [0.15, 0.2) is 20.8 Å². The molecule has 2 atom stereocenters. The number of sulfone groups is 1. The fourth-order valence-electron chi connectivity index (χ4n) is 4.34. The average Bonchev–Trinajstić information content (AvgIpc) is 3.27. The van der Waals surface area contributed by atoms with Crippen LogP contribution in [0.15, 0.2) is 71.7 Å². The van der Waals surface area contributed by atoms with Gasteiger partial charge in [-0.15, -0.1) is 0 Å². The Hall–Kier alpha value is -2.52. The molecular formula is C26H22Cl2N2O4S2. The highest BCUT2D eigenvalue weighted by atomic mass is 35.5. The minimum Gasteiger partial charge on any atom is -0.455 e. The van der Waals surface area contributed by atoms with Gasteiger partial charge in [0.2, 0.25) is 0 Å². The average molecular weight is 562 g/mol. The molecule has 0 aromatic heterocycles. The Bertz CT molecular complexity index is 1460. The van der Waals surface area contributed by atoms with Gasteiger partial charge in [0.1, 0.15) is 5.75 Å². The summed E-state index contributed by atoms with van der Waals surface area (Å²) in [6, 6.07) is 19.4. The van der Waals surface area contributed by atoms with E-state index in [0.29, 0.717) is 32.4 Å². The van der Waals surface area contributed by atoms with Crippen LogP contribution in [0.2, 0.25) is 10.0 Å². The van der Waals surface area contributed by atoms with E-state index in [0.717, 1.165) is 11.1 Å². The monoisotopic (exact) mass is 560 g/mol. The van der Waals surface area contributed by atoms with Gasteiger partial charge in [0, 0.05) is 15.3 Å². The van der Waals surface area contributed by atoms with Crippen LogP contribution < -0.4 is 9.64 Å². The van der Waals surface area contributed by atoms with Crippen LogP contribution in [0, 0.1) is 6.92 Å². The van der Waals surface area contributed by atoms with Crippen LogP contribution in [0.1, 0.15) is 11.1 Å². The molecule has 0 radical (unpaired) electrons. The summed E-state index contributed by atoms with van der Waals surface area (Å²) in [6.45, 7) is 1.97. The van der Waals surface area contributed by atoms with Gasteiger partial charge < -0.3 is 9.64 Å². The van der Waals surface area contributed by atoms with Crippen molar-refractivity contribution in [3.8, 4) is 11.5 Å². The van der Waals surface area contributed by atoms with Gasteiger partial charge in [0.05, 0.1) is 29.7 Å². The molecule has 0 unspecified atom stereocenters. The van der Waals surface area contributed by atoms with E-state index < -0.39 is 9.84 Å². The van der Waals surface area contributed by atoms with Gasteiger partial charge in [-0.2, -0.15) is 4.99 Å². The molecule has 3 aromatic rings. The van der Waals surface area contributed by atoms with Crippen LogP contribution in [0.3, 0.4) is 0 Å². The molecule has 0 spiro atoms. The number of aryl methyl sites for hydroxylation is 1. The zero-order valence-electron chi connectivity index (χ0n) is 19.2. The van der Waals surface area contributed by atoms with Gasteiger partial charge in [-0.1, -0.05) is 59.2 Å². The van der Waals surface area contributed by atoms with Crippen molar-refractivity contribution in [2.24, 2.45) is 4.99 Å². The summed E-state index contributed by atoms with van der Waals surface area (Å²) in [5.74, 6) is 0.783. The Balaban J connectivity index is 1.52. The summed E-state index contributed by atoms with van der Waals surface area (Å²) < 4.78 is 31.2. The van der Waals surface area contributed by atoms with Crippen LogP contribution in [-0.4, -0.2) is 42.3 Å². The molecule has 10 heteroatoms. The third kappa shape index (κ3) is 5.57.